The number of aromatic nitrogens is 1. The van der Waals surface area contributed by atoms with Crippen molar-refractivity contribution in [2.45, 2.75) is 13.0 Å². The third-order valence-corrected chi connectivity index (χ3v) is 11.0. The van der Waals surface area contributed by atoms with Gasteiger partial charge in [-0.2, -0.15) is 0 Å². The van der Waals surface area contributed by atoms with E-state index in [0.29, 0.717) is 18.2 Å². The molecule has 0 unspecified atom stereocenters. The molecule has 1 heterocycles. The maximum Gasteiger partial charge on any atom is 0.161 e. The topological polar surface area (TPSA) is 42.0 Å². The highest BCUT2D eigenvalue weighted by molar-refractivity contribution is 6.13. The average molecular weight is 731 g/mol. The molecule has 0 saturated heterocycles. The third kappa shape index (κ3) is 6.47. The predicted molar refractivity (Wildman–Crippen MR) is 239 cm³/mol. The van der Waals surface area contributed by atoms with Crippen LogP contribution in [0.2, 0.25) is 0 Å². The van der Waals surface area contributed by atoms with Crippen molar-refractivity contribution in [1.82, 2.24) is 4.57 Å². The number of para-hydroxylation sites is 1. The molecule has 10 rings (SSSR count). The van der Waals surface area contributed by atoms with Crippen LogP contribution in [-0.4, -0.2) is 23.0 Å². The molecule has 4 heteroatoms. The number of benzene rings is 8. The van der Waals surface area contributed by atoms with Gasteiger partial charge in [0.05, 0.1) is 17.6 Å². The van der Waals surface area contributed by atoms with Gasteiger partial charge in [-0.25, -0.2) is 9.98 Å². The minimum absolute atomic E-state index is 0.520. The normalized spacial score (nSPS) is 12.5. The number of hydrogen-bond acceptors (Lipinski definition) is 1. The Morgan fingerprint density at radius 2 is 1.09 bits per heavy atom. The van der Waals surface area contributed by atoms with Crippen molar-refractivity contribution in [1.29, 1.82) is 0 Å². The zero-order chi connectivity index (χ0) is 38.1. The molecule has 1 aliphatic carbocycles. The van der Waals surface area contributed by atoms with Gasteiger partial charge in [0.1, 0.15) is 0 Å². The van der Waals surface area contributed by atoms with Gasteiger partial charge in [0.25, 0.3) is 0 Å². The number of amidine groups is 2. The first-order chi connectivity index (χ1) is 28.2. The van der Waals surface area contributed by atoms with Crippen molar-refractivity contribution >= 4 is 40.2 Å². The molecule has 0 N–H and O–H groups in total. The monoisotopic (exact) mass is 730 g/mol. The quantitative estimate of drug-likeness (QED) is 0.116. The lowest BCUT2D eigenvalue weighted by Crippen LogP contribution is -2.05. The highest BCUT2D eigenvalue weighted by Gasteiger charge is 2.21. The molecule has 0 spiro atoms. The molecule has 8 aromatic carbocycles. The Kier molecular flexibility index (Phi) is 8.77. The van der Waals surface area contributed by atoms with Crippen LogP contribution in [0.4, 0.5) is 0 Å². The summed E-state index contributed by atoms with van der Waals surface area (Å²) in [5, 5.41) is 2.52. The fourth-order valence-corrected chi connectivity index (χ4v) is 8.23. The van der Waals surface area contributed by atoms with Crippen molar-refractivity contribution in [2.75, 3.05) is 0 Å². The van der Waals surface area contributed by atoms with Crippen molar-refractivity contribution < 1.29 is 0 Å². The molecule has 270 valence electrons. The molecular formula is C53H38N4. The number of nitrogens with zero attached hydrogens (tertiary/aromatic N) is 4. The van der Waals surface area contributed by atoms with Crippen LogP contribution in [0.5, 0.6) is 0 Å². The number of fused-ring (bicyclic) bond motifs is 6. The molecule has 57 heavy (non-hydrogen) atoms. The van der Waals surface area contributed by atoms with E-state index in [1.807, 2.05) is 54.6 Å². The van der Waals surface area contributed by atoms with E-state index in [1.54, 1.807) is 0 Å². The minimum Gasteiger partial charge on any atom is -0.309 e. The van der Waals surface area contributed by atoms with E-state index in [0.717, 1.165) is 34.2 Å². The minimum atomic E-state index is 0.520. The van der Waals surface area contributed by atoms with E-state index in [2.05, 4.69) is 156 Å². The lowest BCUT2D eigenvalue weighted by Gasteiger charge is -2.11. The SMILES string of the molecule is C=NC(=NC(=NCc1ccccc1)c1ccccc1)c1cccc(-c2ccc3c(c2)Cc2cc(-n4c5ccccc5c5ccc(-c6ccccc6)cc54)ccc2-3)c1. The fraction of sp³-hybridized carbons (Fsp3) is 0.0377. The molecule has 1 aromatic heterocycles. The van der Waals surface area contributed by atoms with Gasteiger partial charge >= 0.3 is 0 Å². The van der Waals surface area contributed by atoms with Crippen LogP contribution in [-0.2, 0) is 13.0 Å². The fourth-order valence-electron chi connectivity index (χ4n) is 8.23. The van der Waals surface area contributed by atoms with Crippen LogP contribution in [0.15, 0.2) is 209 Å². The summed E-state index contributed by atoms with van der Waals surface area (Å²) in [4.78, 5) is 14.3. The molecule has 0 fully saturated rings. The van der Waals surface area contributed by atoms with Crippen LogP contribution in [0.3, 0.4) is 0 Å². The van der Waals surface area contributed by atoms with Crippen LogP contribution in [0.25, 0.3) is 60.9 Å². The summed E-state index contributed by atoms with van der Waals surface area (Å²) in [5.74, 6) is 1.16. The first-order valence-corrected chi connectivity index (χ1v) is 19.4. The van der Waals surface area contributed by atoms with E-state index in [-0.39, 0.29) is 0 Å². The van der Waals surface area contributed by atoms with Crippen LogP contribution in [0, 0.1) is 0 Å². The Labute approximate surface area is 332 Å². The maximum absolute atomic E-state index is 4.99. The summed E-state index contributed by atoms with van der Waals surface area (Å²) in [7, 11) is 0. The maximum atomic E-state index is 4.99. The summed E-state index contributed by atoms with van der Waals surface area (Å²) >= 11 is 0. The van der Waals surface area contributed by atoms with Crippen LogP contribution < -0.4 is 0 Å². The highest BCUT2D eigenvalue weighted by atomic mass is 15.0. The molecule has 0 atom stereocenters. The van der Waals surface area contributed by atoms with Gasteiger partial charge in [0.15, 0.2) is 11.7 Å². The first kappa shape index (κ1) is 34.1. The van der Waals surface area contributed by atoms with E-state index in [9.17, 15) is 0 Å². The predicted octanol–water partition coefficient (Wildman–Crippen LogP) is 12.8. The Bertz CT molecular complexity index is 3010. The molecule has 0 bridgehead atoms. The first-order valence-electron chi connectivity index (χ1n) is 19.4. The van der Waals surface area contributed by atoms with E-state index in [4.69, 9.17) is 9.98 Å². The zero-order valence-electron chi connectivity index (χ0n) is 31.4. The number of hydrogen-bond donors (Lipinski definition) is 0. The van der Waals surface area contributed by atoms with Gasteiger partial charge in [-0.05, 0) is 93.5 Å². The zero-order valence-corrected chi connectivity index (χ0v) is 31.4. The van der Waals surface area contributed by atoms with Crippen molar-refractivity contribution in [3.63, 3.8) is 0 Å². The van der Waals surface area contributed by atoms with Gasteiger partial charge in [0.2, 0.25) is 0 Å². The average Bonchev–Trinajstić information content (AvgIpc) is 3.82. The van der Waals surface area contributed by atoms with Crippen LogP contribution in [0.1, 0.15) is 27.8 Å². The van der Waals surface area contributed by atoms with Gasteiger partial charge in [-0.15, -0.1) is 0 Å². The van der Waals surface area contributed by atoms with Crippen molar-refractivity contribution in [2.24, 2.45) is 15.0 Å². The standard InChI is InChI=1S/C53H38N4/c1-54-52(56-53(38-18-9-4-10-19-38)55-35-36-14-5-2-6-15-36)42-21-13-20-39(30-42)40-24-27-46-43(31-40)32-44-33-45(26-29-47(44)46)57-50-23-12-11-22-48(50)49-28-25-41(34-51(49)57)37-16-7-3-8-17-37/h2-31,33-34H,1,32,35H2. The summed E-state index contributed by atoms with van der Waals surface area (Å²) in [6, 6.07) is 68.8. The lowest BCUT2D eigenvalue weighted by molar-refractivity contribution is 1.06. The summed E-state index contributed by atoms with van der Waals surface area (Å²) in [6.07, 6.45) is 0.873. The second-order valence-electron chi connectivity index (χ2n) is 14.5. The summed E-state index contributed by atoms with van der Waals surface area (Å²) in [6.45, 7) is 4.43. The van der Waals surface area contributed by atoms with Crippen molar-refractivity contribution in [3.05, 3.63) is 222 Å². The Balaban J connectivity index is 0.975. The second kappa shape index (κ2) is 14.7. The largest absolute Gasteiger partial charge is 0.309 e. The molecule has 0 aliphatic heterocycles. The highest BCUT2D eigenvalue weighted by Crippen LogP contribution is 2.41. The molecule has 4 nitrogen and oxygen atoms in total. The van der Waals surface area contributed by atoms with Gasteiger partial charge < -0.3 is 4.57 Å². The van der Waals surface area contributed by atoms with E-state index in [1.165, 1.54) is 60.9 Å². The lowest BCUT2D eigenvalue weighted by atomic mass is 9.98. The smallest absolute Gasteiger partial charge is 0.161 e. The Morgan fingerprint density at radius 3 is 1.89 bits per heavy atom. The number of aliphatic imine (C=N–C) groups is 3. The van der Waals surface area contributed by atoms with Gasteiger partial charge in [0, 0.05) is 27.6 Å². The van der Waals surface area contributed by atoms with E-state index >= 15 is 0 Å². The molecule has 1 aliphatic rings. The molecule has 0 radical (unpaired) electrons. The van der Waals surface area contributed by atoms with Crippen LogP contribution >= 0.6 is 0 Å². The summed E-state index contributed by atoms with van der Waals surface area (Å²) in [5.41, 5.74) is 16.5. The molecule has 0 saturated carbocycles. The molecular weight excluding hydrogens is 693 g/mol. The second-order valence-corrected chi connectivity index (χ2v) is 14.5. The Morgan fingerprint density at radius 1 is 0.474 bits per heavy atom. The summed E-state index contributed by atoms with van der Waals surface area (Å²) < 4.78 is 2.43. The Hall–Kier alpha value is -7.43. The van der Waals surface area contributed by atoms with E-state index < -0.39 is 0 Å². The number of rotatable bonds is 7. The van der Waals surface area contributed by atoms with Gasteiger partial charge in [-0.3, -0.25) is 4.99 Å². The molecule has 0 amide bonds. The molecule has 9 aromatic rings. The van der Waals surface area contributed by atoms with Gasteiger partial charge in [-0.1, -0.05) is 164 Å². The van der Waals surface area contributed by atoms with Crippen molar-refractivity contribution in [3.8, 4) is 39.1 Å². The third-order valence-electron chi connectivity index (χ3n) is 11.0.